The van der Waals surface area contributed by atoms with Crippen LogP contribution in [0.25, 0.3) is 16.9 Å². The SMILES string of the molecule is Clc1ccc(CO/N=C2/CCCc3c2cc(-c2ccccc2)n3-c2ccccc2)cc1Cl. The van der Waals surface area contributed by atoms with Gasteiger partial charge in [-0.2, -0.15) is 0 Å². The Labute approximate surface area is 197 Å². The third-order valence-corrected chi connectivity index (χ3v) is 6.45. The van der Waals surface area contributed by atoms with Gasteiger partial charge in [-0.05, 0) is 60.7 Å². The average molecular weight is 461 g/mol. The van der Waals surface area contributed by atoms with E-state index < -0.39 is 0 Å². The number of benzene rings is 3. The van der Waals surface area contributed by atoms with E-state index in [-0.39, 0.29) is 0 Å². The van der Waals surface area contributed by atoms with Gasteiger partial charge in [0.05, 0.1) is 21.5 Å². The van der Waals surface area contributed by atoms with E-state index in [1.165, 1.54) is 17.0 Å². The van der Waals surface area contributed by atoms with E-state index in [0.29, 0.717) is 16.7 Å². The molecule has 0 fully saturated rings. The molecule has 0 saturated heterocycles. The summed E-state index contributed by atoms with van der Waals surface area (Å²) in [7, 11) is 0. The number of rotatable bonds is 5. The van der Waals surface area contributed by atoms with Crippen LogP contribution in [-0.4, -0.2) is 10.3 Å². The summed E-state index contributed by atoms with van der Waals surface area (Å²) >= 11 is 12.1. The predicted octanol–water partition coefficient (Wildman–Crippen LogP) is 7.71. The van der Waals surface area contributed by atoms with Crippen LogP contribution in [0.1, 0.15) is 29.7 Å². The lowest BCUT2D eigenvalue weighted by Gasteiger charge is -2.18. The minimum Gasteiger partial charge on any atom is -0.391 e. The number of halogens is 2. The zero-order valence-corrected chi connectivity index (χ0v) is 19.0. The van der Waals surface area contributed by atoms with Crippen LogP contribution in [0.4, 0.5) is 0 Å². The van der Waals surface area contributed by atoms with Crippen molar-refractivity contribution < 1.29 is 4.84 Å². The Morgan fingerprint density at radius 3 is 2.31 bits per heavy atom. The molecule has 1 heterocycles. The zero-order valence-electron chi connectivity index (χ0n) is 17.5. The molecule has 0 saturated carbocycles. The van der Waals surface area contributed by atoms with E-state index in [2.05, 4.69) is 64.3 Å². The van der Waals surface area contributed by atoms with Crippen molar-refractivity contribution in [2.45, 2.75) is 25.9 Å². The van der Waals surface area contributed by atoms with Crippen LogP contribution in [0, 0.1) is 0 Å². The number of oxime groups is 1. The van der Waals surface area contributed by atoms with Crippen molar-refractivity contribution in [1.82, 2.24) is 4.57 Å². The Hall–Kier alpha value is -3.01. The summed E-state index contributed by atoms with van der Waals surface area (Å²) < 4.78 is 2.36. The highest BCUT2D eigenvalue weighted by atomic mass is 35.5. The third kappa shape index (κ3) is 4.19. The highest BCUT2D eigenvalue weighted by Gasteiger charge is 2.24. The summed E-state index contributed by atoms with van der Waals surface area (Å²) in [6.07, 6.45) is 2.93. The molecule has 3 nitrogen and oxygen atoms in total. The smallest absolute Gasteiger partial charge is 0.142 e. The molecule has 0 bridgehead atoms. The molecule has 0 atom stereocenters. The maximum Gasteiger partial charge on any atom is 0.142 e. The minimum absolute atomic E-state index is 0.348. The van der Waals surface area contributed by atoms with Crippen molar-refractivity contribution in [3.8, 4) is 16.9 Å². The van der Waals surface area contributed by atoms with Crippen LogP contribution in [0.3, 0.4) is 0 Å². The fraction of sp³-hybridized carbons (Fsp3) is 0.148. The first kappa shape index (κ1) is 20.9. The Morgan fingerprint density at radius 2 is 1.56 bits per heavy atom. The highest BCUT2D eigenvalue weighted by molar-refractivity contribution is 6.42. The van der Waals surface area contributed by atoms with Crippen molar-refractivity contribution in [3.63, 3.8) is 0 Å². The molecule has 3 aromatic carbocycles. The lowest BCUT2D eigenvalue weighted by atomic mass is 9.95. The Balaban J connectivity index is 1.51. The molecule has 1 aliphatic rings. The summed E-state index contributed by atoms with van der Waals surface area (Å²) in [6.45, 7) is 0.348. The number of aromatic nitrogens is 1. The van der Waals surface area contributed by atoms with Crippen molar-refractivity contribution in [3.05, 3.63) is 112 Å². The Bertz CT molecular complexity index is 1260. The molecule has 0 radical (unpaired) electrons. The number of nitrogens with zero attached hydrogens (tertiary/aromatic N) is 2. The maximum absolute atomic E-state index is 6.12. The molecule has 160 valence electrons. The molecule has 0 amide bonds. The zero-order chi connectivity index (χ0) is 21.9. The van der Waals surface area contributed by atoms with Gasteiger partial charge in [0.25, 0.3) is 0 Å². The van der Waals surface area contributed by atoms with Gasteiger partial charge in [0.2, 0.25) is 0 Å². The number of hydrogen-bond acceptors (Lipinski definition) is 2. The lowest BCUT2D eigenvalue weighted by molar-refractivity contribution is 0.130. The first-order chi connectivity index (χ1) is 15.7. The van der Waals surface area contributed by atoms with E-state index in [1.54, 1.807) is 6.07 Å². The van der Waals surface area contributed by atoms with E-state index in [0.717, 1.165) is 41.8 Å². The van der Waals surface area contributed by atoms with E-state index >= 15 is 0 Å². The minimum atomic E-state index is 0.348. The number of para-hydroxylation sites is 1. The van der Waals surface area contributed by atoms with Crippen LogP contribution < -0.4 is 0 Å². The van der Waals surface area contributed by atoms with Gasteiger partial charge in [0, 0.05) is 16.9 Å². The molecule has 1 aliphatic carbocycles. The van der Waals surface area contributed by atoms with Gasteiger partial charge in [-0.25, -0.2) is 0 Å². The van der Waals surface area contributed by atoms with Crippen LogP contribution in [-0.2, 0) is 17.9 Å². The van der Waals surface area contributed by atoms with Crippen LogP contribution >= 0.6 is 23.2 Å². The molecular weight excluding hydrogens is 439 g/mol. The molecule has 0 unspecified atom stereocenters. The topological polar surface area (TPSA) is 26.5 Å². The summed E-state index contributed by atoms with van der Waals surface area (Å²) in [6, 6.07) is 28.7. The summed E-state index contributed by atoms with van der Waals surface area (Å²) in [5.41, 5.74) is 7.87. The van der Waals surface area contributed by atoms with Crippen molar-refractivity contribution >= 4 is 28.9 Å². The first-order valence-electron chi connectivity index (χ1n) is 10.7. The summed E-state index contributed by atoms with van der Waals surface area (Å²) in [4.78, 5) is 5.75. The maximum atomic E-state index is 6.12. The van der Waals surface area contributed by atoms with E-state index in [4.69, 9.17) is 28.0 Å². The first-order valence-corrected chi connectivity index (χ1v) is 11.4. The average Bonchev–Trinajstić information content (AvgIpc) is 3.23. The largest absolute Gasteiger partial charge is 0.391 e. The molecular formula is C27H22Cl2N2O. The fourth-order valence-electron chi connectivity index (χ4n) is 4.21. The summed E-state index contributed by atoms with van der Waals surface area (Å²) in [5.74, 6) is 0. The molecule has 5 rings (SSSR count). The van der Waals surface area contributed by atoms with E-state index in [9.17, 15) is 0 Å². The fourth-order valence-corrected chi connectivity index (χ4v) is 4.53. The van der Waals surface area contributed by atoms with Gasteiger partial charge in [0.1, 0.15) is 6.61 Å². The monoisotopic (exact) mass is 460 g/mol. The highest BCUT2D eigenvalue weighted by Crippen LogP contribution is 2.34. The van der Waals surface area contributed by atoms with Gasteiger partial charge in [0.15, 0.2) is 0 Å². The lowest BCUT2D eigenvalue weighted by Crippen LogP contribution is -2.14. The second kappa shape index (κ2) is 9.23. The van der Waals surface area contributed by atoms with Crippen LogP contribution in [0.15, 0.2) is 90.1 Å². The second-order valence-electron chi connectivity index (χ2n) is 7.84. The molecule has 4 aromatic rings. The Morgan fingerprint density at radius 1 is 0.812 bits per heavy atom. The third-order valence-electron chi connectivity index (χ3n) is 5.71. The second-order valence-corrected chi connectivity index (χ2v) is 8.65. The Kier molecular flexibility index (Phi) is 6.02. The standard InChI is InChI=1S/C27H22Cl2N2O/c28-23-15-14-19(16-24(23)29)18-32-30-25-12-7-13-26-22(25)17-27(20-8-3-1-4-9-20)31(26)21-10-5-2-6-11-21/h1-6,8-11,14-17H,7,12-13,18H2/b30-25-. The number of fused-ring (bicyclic) bond motifs is 1. The van der Waals surface area contributed by atoms with Gasteiger partial charge in [-0.3, -0.25) is 0 Å². The summed E-state index contributed by atoms with van der Waals surface area (Å²) in [5, 5.41) is 5.60. The van der Waals surface area contributed by atoms with Crippen LogP contribution in [0.2, 0.25) is 10.0 Å². The van der Waals surface area contributed by atoms with E-state index in [1.807, 2.05) is 24.3 Å². The van der Waals surface area contributed by atoms with Crippen molar-refractivity contribution in [1.29, 1.82) is 0 Å². The molecule has 5 heteroatoms. The van der Waals surface area contributed by atoms with Crippen molar-refractivity contribution in [2.24, 2.45) is 5.16 Å². The normalized spacial score (nSPS) is 14.4. The van der Waals surface area contributed by atoms with Gasteiger partial charge in [-0.15, -0.1) is 0 Å². The number of hydrogen-bond donors (Lipinski definition) is 0. The predicted molar refractivity (Wildman–Crippen MR) is 132 cm³/mol. The molecule has 1 aromatic heterocycles. The van der Waals surface area contributed by atoms with Gasteiger partial charge >= 0.3 is 0 Å². The molecule has 0 spiro atoms. The van der Waals surface area contributed by atoms with Gasteiger partial charge in [-0.1, -0.05) is 83.0 Å². The molecule has 0 aliphatic heterocycles. The van der Waals surface area contributed by atoms with Crippen molar-refractivity contribution in [2.75, 3.05) is 0 Å². The quantitative estimate of drug-likeness (QED) is 0.280. The van der Waals surface area contributed by atoms with Crippen LogP contribution in [0.5, 0.6) is 0 Å². The molecule has 0 N–H and O–H groups in total. The van der Waals surface area contributed by atoms with Gasteiger partial charge < -0.3 is 9.40 Å². The molecule has 32 heavy (non-hydrogen) atoms.